The molecule has 0 atom stereocenters. The molecule has 16 nitrogen and oxygen atoms in total. The molecule has 2 aromatic carbocycles. The number of nitrogens with two attached hydrogens (primary N) is 3. The third kappa shape index (κ3) is 11.0. The van der Waals surface area contributed by atoms with E-state index in [0.717, 1.165) is 56.9 Å². The van der Waals surface area contributed by atoms with Crippen LogP contribution in [0.2, 0.25) is 0 Å². The average molecular weight is 797 g/mol. The number of aromatic nitrogens is 4. The zero-order valence-electron chi connectivity index (χ0n) is 31.2. The summed E-state index contributed by atoms with van der Waals surface area (Å²) in [6, 6.07) is 7.83. The second kappa shape index (κ2) is 18.4. The molecular formula is C37H46F2N10O6S. The summed E-state index contributed by atoms with van der Waals surface area (Å²) in [5, 5.41) is 6.39. The topological polar surface area (TPSA) is 252 Å². The number of carbonyl (C=O) groups is 2. The molecule has 19 heteroatoms. The molecule has 6 rings (SSSR count). The van der Waals surface area contributed by atoms with E-state index in [4.69, 9.17) is 26.7 Å². The molecule has 2 aliphatic rings. The lowest BCUT2D eigenvalue weighted by Crippen LogP contribution is -2.39. The molecular weight excluding hydrogens is 751 g/mol. The van der Waals surface area contributed by atoms with Crippen LogP contribution in [-0.2, 0) is 10.0 Å². The van der Waals surface area contributed by atoms with E-state index in [-0.39, 0.29) is 75.5 Å². The molecule has 9 N–H and O–H groups in total. The predicted octanol–water partition coefficient (Wildman–Crippen LogP) is 3.83. The Morgan fingerprint density at radius 1 is 0.679 bits per heavy atom. The van der Waals surface area contributed by atoms with Gasteiger partial charge < -0.3 is 37.3 Å². The second-order valence-corrected chi connectivity index (χ2v) is 15.5. The predicted molar refractivity (Wildman–Crippen MR) is 207 cm³/mol. The first-order valence-corrected chi connectivity index (χ1v) is 19.8. The summed E-state index contributed by atoms with van der Waals surface area (Å²) in [6.45, 7) is 0. The van der Waals surface area contributed by atoms with E-state index < -0.39 is 33.2 Å². The van der Waals surface area contributed by atoms with Crippen LogP contribution in [0.5, 0.6) is 11.5 Å². The third-order valence-electron chi connectivity index (χ3n) is 9.48. The minimum absolute atomic E-state index is 0.0313. The Kier molecular flexibility index (Phi) is 13.7. The first kappa shape index (κ1) is 41.6. The van der Waals surface area contributed by atoms with Gasteiger partial charge in [-0.25, -0.2) is 31.9 Å². The smallest absolute Gasteiger partial charge is 0.224 e. The van der Waals surface area contributed by atoms with Crippen LogP contribution in [-0.4, -0.2) is 84.6 Å². The highest BCUT2D eigenvalue weighted by atomic mass is 32.2. The fourth-order valence-electron chi connectivity index (χ4n) is 6.57. The van der Waals surface area contributed by atoms with Gasteiger partial charge in [0.05, 0.1) is 42.7 Å². The van der Waals surface area contributed by atoms with Crippen molar-refractivity contribution in [3.8, 4) is 11.5 Å². The maximum atomic E-state index is 13.6. The fraction of sp³-hybridized carbons (Fsp3) is 0.405. The Bertz CT molecular complexity index is 2150. The third-order valence-corrected chi connectivity index (χ3v) is 10.2. The Morgan fingerprint density at radius 2 is 1.07 bits per heavy atom. The number of ether oxygens (including phenoxy) is 2. The molecule has 4 aromatic rings. The maximum absolute atomic E-state index is 13.6. The number of carbonyl (C=O) groups excluding carboxylic acids is 2. The lowest BCUT2D eigenvalue weighted by molar-refractivity contribution is 0.102. The van der Waals surface area contributed by atoms with E-state index in [1.54, 1.807) is 0 Å². The minimum atomic E-state index is -3.23. The van der Waals surface area contributed by atoms with E-state index in [1.807, 2.05) is 0 Å². The van der Waals surface area contributed by atoms with Crippen molar-refractivity contribution in [2.45, 2.75) is 75.5 Å². The van der Waals surface area contributed by atoms with Gasteiger partial charge in [0, 0.05) is 36.6 Å². The van der Waals surface area contributed by atoms with Crippen LogP contribution in [0.1, 0.15) is 83.2 Å². The number of hydrogen-bond acceptors (Lipinski definition) is 15. The quantitative estimate of drug-likeness (QED) is 0.111. The molecule has 0 radical (unpaired) electrons. The monoisotopic (exact) mass is 796 g/mol. The number of nitrogens with one attached hydrogen (secondary N) is 3. The SMILES string of the molecule is COc1ccc(F)cc1C(=O)c1cnc(NC2CCC(N)CC2)nc1N.COc1ccc(F)cc1C(=O)c1cnc(NC2CCC(NS(C)(=O)=O)CC2)nc1N. The van der Waals surface area contributed by atoms with Gasteiger partial charge in [-0.1, -0.05) is 0 Å². The van der Waals surface area contributed by atoms with Crippen molar-refractivity contribution in [2.75, 3.05) is 42.6 Å². The highest BCUT2D eigenvalue weighted by Crippen LogP contribution is 2.28. The van der Waals surface area contributed by atoms with Crippen LogP contribution in [0.15, 0.2) is 48.8 Å². The number of nitrogen functional groups attached to an aromatic ring is 2. The van der Waals surface area contributed by atoms with Gasteiger partial charge >= 0.3 is 0 Å². The molecule has 0 unspecified atom stereocenters. The Balaban J connectivity index is 0.000000216. The largest absolute Gasteiger partial charge is 0.496 e. The highest BCUT2D eigenvalue weighted by molar-refractivity contribution is 7.88. The number of halogens is 2. The molecule has 2 fully saturated rings. The number of nitrogens with zero attached hydrogens (tertiary/aromatic N) is 4. The zero-order chi connectivity index (χ0) is 40.6. The van der Waals surface area contributed by atoms with E-state index in [9.17, 15) is 26.8 Å². The minimum Gasteiger partial charge on any atom is -0.496 e. The van der Waals surface area contributed by atoms with Gasteiger partial charge in [0.15, 0.2) is 0 Å². The fourth-order valence-corrected chi connectivity index (χ4v) is 7.41. The van der Waals surface area contributed by atoms with Gasteiger partial charge in [-0.2, -0.15) is 9.97 Å². The lowest BCUT2D eigenvalue weighted by atomic mass is 9.92. The van der Waals surface area contributed by atoms with Crippen LogP contribution in [0, 0.1) is 11.6 Å². The van der Waals surface area contributed by atoms with Gasteiger partial charge in [0.25, 0.3) is 0 Å². The molecule has 0 saturated heterocycles. The van der Waals surface area contributed by atoms with Crippen LogP contribution < -0.4 is 42.0 Å². The number of hydrogen-bond donors (Lipinski definition) is 6. The van der Waals surface area contributed by atoms with E-state index in [2.05, 4.69) is 35.3 Å². The van der Waals surface area contributed by atoms with E-state index >= 15 is 0 Å². The summed E-state index contributed by atoms with van der Waals surface area (Å²) in [5.74, 6) is -1.01. The molecule has 2 saturated carbocycles. The number of benzene rings is 2. The van der Waals surface area contributed by atoms with Crippen molar-refractivity contribution in [3.63, 3.8) is 0 Å². The zero-order valence-corrected chi connectivity index (χ0v) is 32.0. The highest BCUT2D eigenvalue weighted by Gasteiger charge is 2.26. The molecule has 56 heavy (non-hydrogen) atoms. The number of sulfonamides is 1. The second-order valence-electron chi connectivity index (χ2n) is 13.7. The van der Waals surface area contributed by atoms with E-state index in [0.29, 0.717) is 18.8 Å². The molecule has 2 aromatic heterocycles. The lowest BCUT2D eigenvalue weighted by Gasteiger charge is -2.29. The summed E-state index contributed by atoms with van der Waals surface area (Å²) < 4.78 is 62.7. The molecule has 300 valence electrons. The van der Waals surface area contributed by atoms with Crippen molar-refractivity contribution in [1.29, 1.82) is 0 Å². The first-order valence-electron chi connectivity index (χ1n) is 17.9. The van der Waals surface area contributed by atoms with Crippen molar-refractivity contribution in [1.82, 2.24) is 24.7 Å². The van der Waals surface area contributed by atoms with Crippen molar-refractivity contribution < 1.29 is 36.3 Å². The van der Waals surface area contributed by atoms with Crippen LogP contribution >= 0.6 is 0 Å². The number of ketones is 2. The molecule has 0 amide bonds. The van der Waals surface area contributed by atoms with Crippen LogP contribution in [0.25, 0.3) is 0 Å². The summed E-state index contributed by atoms with van der Waals surface area (Å²) >= 11 is 0. The number of rotatable bonds is 12. The van der Waals surface area contributed by atoms with Gasteiger partial charge in [-0.3, -0.25) is 9.59 Å². The standard InChI is InChI=1S/C19H24FN5O4S.C18H22FN5O2/c1-29-16-8-3-11(20)9-14(16)17(26)15-10-22-19(24-18(15)21)23-12-4-6-13(7-5-12)25-30(2,27)28;1-26-15-7-2-10(19)8-13(15)16(25)14-9-22-18(24-17(14)21)23-12-5-3-11(20)4-6-12/h3,8-10,12-13,25H,4-7H2,1-2H3,(H3,21,22,23,24);2,7-9,11-12H,3-6,20H2,1H3,(H3,21,22,23,24). The van der Waals surface area contributed by atoms with Crippen LogP contribution in [0.3, 0.4) is 0 Å². The molecule has 0 aliphatic heterocycles. The maximum Gasteiger partial charge on any atom is 0.224 e. The number of methoxy groups -OCH3 is 2. The molecule has 2 heterocycles. The Hall–Kier alpha value is -5.53. The molecule has 2 aliphatic carbocycles. The van der Waals surface area contributed by atoms with Gasteiger partial charge in [0.2, 0.25) is 33.5 Å². The molecule has 0 spiro atoms. The Labute approximate surface area is 323 Å². The normalized spacial score (nSPS) is 19.5. The van der Waals surface area contributed by atoms with Crippen molar-refractivity contribution >= 4 is 45.1 Å². The summed E-state index contributed by atoms with van der Waals surface area (Å²) in [7, 11) is -0.430. The van der Waals surface area contributed by atoms with Crippen molar-refractivity contribution in [3.05, 3.63) is 82.7 Å². The van der Waals surface area contributed by atoms with Gasteiger partial charge in [0.1, 0.15) is 34.8 Å². The first-order chi connectivity index (χ1) is 26.6. The van der Waals surface area contributed by atoms with Gasteiger partial charge in [-0.05, 0) is 87.8 Å². The molecule has 0 bridgehead atoms. The van der Waals surface area contributed by atoms with Crippen molar-refractivity contribution in [2.24, 2.45) is 5.73 Å². The average Bonchev–Trinajstić information content (AvgIpc) is 3.16. The van der Waals surface area contributed by atoms with Gasteiger partial charge in [-0.15, -0.1) is 0 Å². The van der Waals surface area contributed by atoms with E-state index in [1.165, 1.54) is 50.9 Å². The Morgan fingerprint density at radius 3 is 1.45 bits per heavy atom. The van der Waals surface area contributed by atoms with Crippen LogP contribution in [0.4, 0.5) is 32.3 Å². The summed E-state index contributed by atoms with van der Waals surface area (Å²) in [5.41, 5.74) is 18.1. The number of anilines is 4. The summed E-state index contributed by atoms with van der Waals surface area (Å²) in [4.78, 5) is 42.2. The summed E-state index contributed by atoms with van der Waals surface area (Å²) in [6.07, 6.45) is 10.4.